The minimum Gasteiger partial charge on any atom is -0.494 e. The van der Waals surface area contributed by atoms with Crippen molar-refractivity contribution in [3.63, 3.8) is 0 Å². The second-order valence-electron chi connectivity index (χ2n) is 6.02. The van der Waals surface area contributed by atoms with Gasteiger partial charge in [-0.1, -0.05) is 6.92 Å². The average molecular weight is 291 g/mol. The molecular weight excluding hydrogens is 266 g/mol. The van der Waals surface area contributed by atoms with Crippen LogP contribution in [0, 0.1) is 0 Å². The number of benzene rings is 1. The number of ether oxygens (including phenoxy) is 1. The van der Waals surface area contributed by atoms with E-state index >= 15 is 0 Å². The molecule has 4 nitrogen and oxygen atoms in total. The van der Waals surface area contributed by atoms with Crippen LogP contribution in [0.3, 0.4) is 0 Å². The average Bonchev–Trinajstić information content (AvgIpc) is 2.66. The number of rotatable bonds is 4. The predicted octanol–water partition coefficient (Wildman–Crippen LogP) is 2.85. The van der Waals surface area contributed by atoms with Gasteiger partial charge in [-0.15, -0.1) is 0 Å². The van der Waals surface area contributed by atoms with E-state index in [1.807, 2.05) is 36.1 Å². The molecule has 0 saturated carbocycles. The number of hydrogen-bond donors (Lipinski definition) is 1. The topological polar surface area (TPSA) is 49.8 Å². The van der Waals surface area contributed by atoms with Crippen LogP contribution in [-0.4, -0.2) is 41.2 Å². The predicted molar refractivity (Wildman–Crippen MR) is 82.6 cm³/mol. The van der Waals surface area contributed by atoms with Crippen molar-refractivity contribution in [2.24, 2.45) is 0 Å². The van der Waals surface area contributed by atoms with Crippen LogP contribution in [-0.2, 0) is 0 Å². The Kier molecular flexibility index (Phi) is 5.23. The van der Waals surface area contributed by atoms with Gasteiger partial charge < -0.3 is 14.7 Å². The zero-order valence-corrected chi connectivity index (χ0v) is 13.0. The quantitative estimate of drug-likeness (QED) is 0.928. The van der Waals surface area contributed by atoms with E-state index in [4.69, 9.17) is 4.74 Å². The van der Waals surface area contributed by atoms with Crippen molar-refractivity contribution in [3.8, 4) is 5.75 Å². The Balaban J connectivity index is 1.99. The van der Waals surface area contributed by atoms with E-state index in [-0.39, 0.29) is 5.91 Å². The summed E-state index contributed by atoms with van der Waals surface area (Å²) in [6.07, 6.45) is 3.20. The van der Waals surface area contributed by atoms with Crippen LogP contribution in [0.1, 0.15) is 49.9 Å². The SMILES string of the molecule is CCCOc1ccc(C(=O)N2CCCC(C)(O)CC2)cc1. The number of likely N-dealkylation sites (tertiary alicyclic amines) is 1. The highest BCUT2D eigenvalue weighted by Gasteiger charge is 2.27. The highest BCUT2D eigenvalue weighted by Crippen LogP contribution is 2.23. The summed E-state index contributed by atoms with van der Waals surface area (Å²) in [6.45, 7) is 5.92. The highest BCUT2D eigenvalue weighted by atomic mass is 16.5. The maximum atomic E-state index is 12.5. The Labute approximate surface area is 126 Å². The standard InChI is InChI=1S/C17H25NO3/c1-3-13-21-15-7-5-14(6-8-15)16(19)18-11-4-9-17(2,20)10-12-18/h5-8,20H,3-4,9-13H2,1-2H3. The van der Waals surface area contributed by atoms with E-state index < -0.39 is 5.60 Å². The van der Waals surface area contributed by atoms with Crippen LogP contribution >= 0.6 is 0 Å². The monoisotopic (exact) mass is 291 g/mol. The van der Waals surface area contributed by atoms with Gasteiger partial charge in [0.1, 0.15) is 5.75 Å². The van der Waals surface area contributed by atoms with E-state index in [1.165, 1.54) is 0 Å². The molecule has 1 amide bonds. The molecule has 116 valence electrons. The maximum absolute atomic E-state index is 12.5. The summed E-state index contributed by atoms with van der Waals surface area (Å²) in [7, 11) is 0. The van der Waals surface area contributed by atoms with Gasteiger partial charge in [0.25, 0.3) is 5.91 Å². The molecule has 2 rings (SSSR count). The number of carbonyl (C=O) groups is 1. The molecular formula is C17H25NO3. The van der Waals surface area contributed by atoms with Crippen molar-refractivity contribution >= 4 is 5.91 Å². The first-order valence-corrected chi connectivity index (χ1v) is 7.76. The van der Waals surface area contributed by atoms with Crippen molar-refractivity contribution in [2.75, 3.05) is 19.7 Å². The Morgan fingerprint density at radius 3 is 2.67 bits per heavy atom. The fourth-order valence-electron chi connectivity index (χ4n) is 2.56. The first kappa shape index (κ1) is 15.8. The van der Waals surface area contributed by atoms with E-state index in [2.05, 4.69) is 6.92 Å². The third kappa shape index (κ3) is 4.46. The van der Waals surface area contributed by atoms with Crippen LogP contribution in [0.15, 0.2) is 24.3 Å². The molecule has 0 aliphatic carbocycles. The summed E-state index contributed by atoms with van der Waals surface area (Å²) >= 11 is 0. The van der Waals surface area contributed by atoms with Gasteiger partial charge in [-0.25, -0.2) is 0 Å². The molecule has 0 aromatic heterocycles. The Bertz CT molecular complexity index is 467. The van der Waals surface area contributed by atoms with Gasteiger partial charge in [0.2, 0.25) is 0 Å². The van der Waals surface area contributed by atoms with Gasteiger partial charge in [0.05, 0.1) is 12.2 Å². The van der Waals surface area contributed by atoms with Gasteiger partial charge in [0.15, 0.2) is 0 Å². The second kappa shape index (κ2) is 6.94. The number of aliphatic hydroxyl groups is 1. The van der Waals surface area contributed by atoms with Crippen molar-refractivity contribution in [1.29, 1.82) is 0 Å². The molecule has 1 N–H and O–H groups in total. The van der Waals surface area contributed by atoms with Crippen LogP contribution in [0.25, 0.3) is 0 Å². The Hall–Kier alpha value is -1.55. The summed E-state index contributed by atoms with van der Waals surface area (Å²) in [6, 6.07) is 7.32. The largest absolute Gasteiger partial charge is 0.494 e. The highest BCUT2D eigenvalue weighted by molar-refractivity contribution is 5.94. The smallest absolute Gasteiger partial charge is 0.253 e. The third-order valence-corrected chi connectivity index (χ3v) is 3.93. The van der Waals surface area contributed by atoms with Crippen LogP contribution < -0.4 is 4.74 Å². The summed E-state index contributed by atoms with van der Waals surface area (Å²) in [5.74, 6) is 0.835. The first-order chi connectivity index (χ1) is 10.0. The maximum Gasteiger partial charge on any atom is 0.253 e. The van der Waals surface area contributed by atoms with Crippen LogP contribution in [0.2, 0.25) is 0 Å². The summed E-state index contributed by atoms with van der Waals surface area (Å²) < 4.78 is 5.52. The molecule has 0 spiro atoms. The second-order valence-corrected chi connectivity index (χ2v) is 6.02. The number of nitrogens with zero attached hydrogens (tertiary/aromatic N) is 1. The third-order valence-electron chi connectivity index (χ3n) is 3.93. The normalized spacial score (nSPS) is 22.7. The molecule has 1 saturated heterocycles. The molecule has 1 aliphatic heterocycles. The number of amides is 1. The molecule has 1 aliphatic rings. The molecule has 1 heterocycles. The van der Waals surface area contributed by atoms with Crippen molar-refractivity contribution in [3.05, 3.63) is 29.8 Å². The minimum absolute atomic E-state index is 0.0368. The fraction of sp³-hybridized carbons (Fsp3) is 0.588. The van der Waals surface area contributed by atoms with E-state index in [1.54, 1.807) is 0 Å². The van der Waals surface area contributed by atoms with Gasteiger partial charge in [-0.3, -0.25) is 4.79 Å². The van der Waals surface area contributed by atoms with Crippen molar-refractivity contribution < 1.29 is 14.6 Å². The summed E-state index contributed by atoms with van der Waals surface area (Å²) in [4.78, 5) is 14.3. The lowest BCUT2D eigenvalue weighted by molar-refractivity contribution is 0.0438. The van der Waals surface area contributed by atoms with Gasteiger partial charge in [-0.05, 0) is 56.9 Å². The number of hydrogen-bond acceptors (Lipinski definition) is 3. The van der Waals surface area contributed by atoms with E-state index in [0.717, 1.165) is 25.0 Å². The van der Waals surface area contributed by atoms with Crippen LogP contribution in [0.4, 0.5) is 0 Å². The molecule has 1 aromatic carbocycles. The molecule has 1 unspecified atom stereocenters. The molecule has 4 heteroatoms. The van der Waals surface area contributed by atoms with Gasteiger partial charge >= 0.3 is 0 Å². The summed E-state index contributed by atoms with van der Waals surface area (Å²) in [5.41, 5.74) is 0.0350. The molecule has 0 bridgehead atoms. The molecule has 1 aromatic rings. The Morgan fingerprint density at radius 1 is 1.29 bits per heavy atom. The Morgan fingerprint density at radius 2 is 2.00 bits per heavy atom. The zero-order valence-electron chi connectivity index (χ0n) is 13.0. The molecule has 1 fully saturated rings. The summed E-state index contributed by atoms with van der Waals surface area (Å²) in [5, 5.41) is 10.1. The fourth-order valence-corrected chi connectivity index (χ4v) is 2.56. The van der Waals surface area contributed by atoms with E-state index in [9.17, 15) is 9.90 Å². The van der Waals surface area contributed by atoms with E-state index in [0.29, 0.717) is 31.7 Å². The number of carbonyl (C=O) groups excluding carboxylic acids is 1. The lowest BCUT2D eigenvalue weighted by Gasteiger charge is -2.22. The van der Waals surface area contributed by atoms with Crippen molar-refractivity contribution in [2.45, 2.75) is 45.1 Å². The minimum atomic E-state index is -0.646. The lowest BCUT2D eigenvalue weighted by Crippen LogP contribution is -2.33. The molecule has 0 radical (unpaired) electrons. The van der Waals surface area contributed by atoms with Gasteiger partial charge in [-0.2, -0.15) is 0 Å². The van der Waals surface area contributed by atoms with Gasteiger partial charge in [0, 0.05) is 18.7 Å². The lowest BCUT2D eigenvalue weighted by atomic mass is 9.98. The van der Waals surface area contributed by atoms with Crippen molar-refractivity contribution in [1.82, 2.24) is 4.90 Å². The molecule has 1 atom stereocenters. The zero-order chi connectivity index (χ0) is 15.3. The van der Waals surface area contributed by atoms with Crippen LogP contribution in [0.5, 0.6) is 5.75 Å². The molecule has 21 heavy (non-hydrogen) atoms. The first-order valence-electron chi connectivity index (χ1n) is 7.76.